The predicted molar refractivity (Wildman–Crippen MR) is 278 cm³/mol. The van der Waals surface area contributed by atoms with Gasteiger partial charge in [0.2, 0.25) is 5.88 Å². The van der Waals surface area contributed by atoms with Crippen molar-refractivity contribution in [3.63, 3.8) is 0 Å². The van der Waals surface area contributed by atoms with Gasteiger partial charge in [0.05, 0.1) is 64.0 Å². The number of nitrogens with one attached hydrogen (secondary N) is 3. The second-order valence-corrected chi connectivity index (χ2v) is 24.0. The molecule has 7 heterocycles. The van der Waals surface area contributed by atoms with E-state index in [1.54, 1.807) is 12.3 Å². The molecule has 388 valence electrons. The Kier molecular flexibility index (Phi) is 12.3. The summed E-state index contributed by atoms with van der Waals surface area (Å²) in [5, 5.41) is 36.8. The molecule has 5 aliphatic heterocycles. The van der Waals surface area contributed by atoms with E-state index in [1.807, 2.05) is 49.1 Å². The van der Waals surface area contributed by atoms with Crippen LogP contribution in [-0.2, 0) is 20.2 Å². The number of nitriles is 1. The van der Waals surface area contributed by atoms with Crippen molar-refractivity contribution < 1.29 is 37.5 Å². The number of fused-ring (bicyclic) bond motifs is 4. The highest BCUT2D eigenvalue weighted by atomic mass is 32.2. The van der Waals surface area contributed by atoms with Crippen LogP contribution in [0.3, 0.4) is 0 Å². The molecule has 5 aromatic rings. The van der Waals surface area contributed by atoms with E-state index < -0.39 is 42.9 Å². The predicted octanol–water partition coefficient (Wildman–Crippen LogP) is 8.39. The average molecular weight is 1030 g/mol. The summed E-state index contributed by atoms with van der Waals surface area (Å²) in [6, 6.07) is 22.7. The second kappa shape index (κ2) is 18.7. The number of nitro benzene ring substituents is 1. The maximum absolute atomic E-state index is 14.8. The maximum Gasteiger partial charge on any atom is 0.297 e. The molecule has 2 saturated carbocycles. The number of piperidine rings is 1. The van der Waals surface area contributed by atoms with Crippen LogP contribution in [-0.4, -0.2) is 109 Å². The molecule has 3 saturated heterocycles. The van der Waals surface area contributed by atoms with Crippen molar-refractivity contribution in [1.29, 1.82) is 5.26 Å². The zero-order valence-electron chi connectivity index (χ0n) is 41.8. The second-order valence-electron chi connectivity index (χ2n) is 22.3. The van der Waals surface area contributed by atoms with Crippen LogP contribution in [0.2, 0.25) is 0 Å². The third-order valence-electron chi connectivity index (χ3n) is 17.5. The van der Waals surface area contributed by atoms with Gasteiger partial charge in [-0.2, -0.15) is 10.2 Å². The first kappa shape index (κ1) is 48.5. The number of aromatic nitrogens is 2. The number of aliphatic hydroxyl groups excluding tert-OH is 1. The van der Waals surface area contributed by atoms with Crippen LogP contribution in [0.5, 0.6) is 11.6 Å². The molecule has 0 bridgehead atoms. The van der Waals surface area contributed by atoms with E-state index in [0.717, 1.165) is 93.7 Å². The number of likely N-dealkylation sites (tertiary alicyclic amines) is 1. The molecule has 19 heteroatoms. The zero-order chi connectivity index (χ0) is 51.1. The lowest BCUT2D eigenvalue weighted by Crippen LogP contribution is -2.55. The number of benzene rings is 3. The highest BCUT2D eigenvalue weighted by Gasteiger charge is 2.51. The Bertz CT molecular complexity index is 3170. The van der Waals surface area contributed by atoms with Crippen LogP contribution in [0, 0.1) is 32.8 Å². The lowest BCUT2D eigenvalue weighted by molar-refractivity contribution is -0.384. The Labute approximate surface area is 430 Å². The zero-order valence-corrected chi connectivity index (χ0v) is 42.6. The first-order valence-corrected chi connectivity index (χ1v) is 27.8. The standard InChI is InChI=1S/C55H63N9O9S/c1-54(2,32-56)41-7-4-3-6-39(41)43-8-5-20-62(43)36-28-55(29-36)17-21-61(22-18-55)35-11-14-40(44(25-35)63-46-24-34-15-19-57-51(34)59-53(46)73-48-16-23-71-31-47(48)63)52(66)60-74(69,70)38-26-45(64(67)68)50-49(27-38)72-30-42(58-50)33-9-12-37(65)13-10-33/h3-4,6-7,11,14-15,19,24-27,33,36-37,42-43,47-48,58,65H,5,8-10,12-13,16-18,20-23,28-31H2,1-2H3,(H,57,59)(H,60,66)/t33?,37?,42-,43+,47+,48-/m1/s1. The molecule has 12 rings (SSSR count). The number of ether oxygens (including phenoxy) is 3. The Balaban J connectivity index is 0.829. The fraction of sp³-hybridized carbons (Fsp3) is 0.509. The quantitative estimate of drug-likeness (QED) is 0.0761. The highest BCUT2D eigenvalue weighted by Crippen LogP contribution is 2.55. The number of rotatable bonds is 10. The molecule has 0 radical (unpaired) electrons. The normalized spacial score (nSPS) is 25.9. The van der Waals surface area contributed by atoms with E-state index in [0.29, 0.717) is 60.9 Å². The summed E-state index contributed by atoms with van der Waals surface area (Å²) < 4.78 is 49.7. The van der Waals surface area contributed by atoms with Crippen LogP contribution >= 0.6 is 0 Å². The van der Waals surface area contributed by atoms with Gasteiger partial charge < -0.3 is 39.4 Å². The van der Waals surface area contributed by atoms with Gasteiger partial charge in [-0.05, 0) is 137 Å². The number of pyridine rings is 1. The number of nitro groups is 1. The third kappa shape index (κ3) is 8.66. The molecule has 0 unspecified atom stereocenters. The number of amides is 1. The fourth-order valence-electron chi connectivity index (χ4n) is 13.4. The molecule has 18 nitrogen and oxygen atoms in total. The molecule has 3 aromatic carbocycles. The Morgan fingerprint density at radius 2 is 1.78 bits per heavy atom. The van der Waals surface area contributed by atoms with Gasteiger partial charge >= 0.3 is 0 Å². The van der Waals surface area contributed by atoms with Crippen molar-refractivity contribution >= 4 is 55.4 Å². The van der Waals surface area contributed by atoms with Crippen LogP contribution in [0.1, 0.15) is 112 Å². The molecule has 4 atom stereocenters. The summed E-state index contributed by atoms with van der Waals surface area (Å²) in [5.41, 5.74) is 4.29. The number of hydrogen-bond acceptors (Lipinski definition) is 15. The van der Waals surface area contributed by atoms with Crippen molar-refractivity contribution in [2.24, 2.45) is 11.3 Å². The van der Waals surface area contributed by atoms with Crippen LogP contribution in [0.15, 0.2) is 77.8 Å². The van der Waals surface area contributed by atoms with Gasteiger partial charge in [-0.1, -0.05) is 24.3 Å². The van der Waals surface area contributed by atoms with Crippen LogP contribution in [0.25, 0.3) is 11.0 Å². The minimum absolute atomic E-state index is 0.00359. The largest absolute Gasteiger partial charge is 0.489 e. The lowest BCUT2D eigenvalue weighted by Gasteiger charge is -2.56. The minimum Gasteiger partial charge on any atom is -0.489 e. The first-order chi connectivity index (χ1) is 35.7. The molecule has 2 aliphatic carbocycles. The molecule has 5 fully saturated rings. The van der Waals surface area contributed by atoms with E-state index in [1.165, 1.54) is 11.6 Å². The minimum atomic E-state index is -4.72. The van der Waals surface area contributed by atoms with Crippen LogP contribution in [0.4, 0.5) is 28.4 Å². The van der Waals surface area contributed by atoms with E-state index in [9.17, 15) is 33.7 Å². The van der Waals surface area contributed by atoms with Gasteiger partial charge in [0.1, 0.15) is 24.0 Å². The summed E-state index contributed by atoms with van der Waals surface area (Å²) >= 11 is 0. The molecule has 2 aromatic heterocycles. The number of sulfonamides is 1. The van der Waals surface area contributed by atoms with Crippen LogP contribution < -0.4 is 29.3 Å². The molecular formula is C55H63N9O9S. The highest BCUT2D eigenvalue weighted by molar-refractivity contribution is 7.90. The Morgan fingerprint density at radius 3 is 2.57 bits per heavy atom. The smallest absolute Gasteiger partial charge is 0.297 e. The van der Waals surface area contributed by atoms with Crippen molar-refractivity contribution in [2.75, 3.05) is 54.6 Å². The number of H-pyrrole nitrogens is 1. The van der Waals surface area contributed by atoms with E-state index in [4.69, 9.17) is 19.2 Å². The Hall–Kier alpha value is -6.46. The molecule has 4 N–H and O–H groups in total. The fourth-order valence-corrected chi connectivity index (χ4v) is 14.4. The number of aliphatic hydroxyl groups is 1. The summed E-state index contributed by atoms with van der Waals surface area (Å²) in [4.78, 5) is 41.4. The van der Waals surface area contributed by atoms with Crippen molar-refractivity contribution in [1.82, 2.24) is 19.6 Å². The van der Waals surface area contributed by atoms with E-state index >= 15 is 0 Å². The lowest BCUT2D eigenvalue weighted by atomic mass is 9.59. The maximum atomic E-state index is 14.8. The van der Waals surface area contributed by atoms with E-state index in [2.05, 4.69) is 49.1 Å². The van der Waals surface area contributed by atoms with Crippen molar-refractivity contribution in [3.05, 3.63) is 99.7 Å². The van der Waals surface area contributed by atoms with E-state index in [-0.39, 0.29) is 59.8 Å². The van der Waals surface area contributed by atoms with Gasteiger partial charge in [-0.15, -0.1) is 0 Å². The SMILES string of the molecule is CC(C)(C#N)c1ccccc1[C@@H]1CCCN1C1CC2(CCN(c3ccc(C(=O)NS(=O)(=O)c4cc5c(c([N+](=O)[O-])c4)N[C@@H](C4CCC(O)CC4)CO5)c(N4c5cc6cc[nH]c6nc5O[C@@H]5CCOC[C@@H]54)c3)CC2)C1. The number of carbonyl (C=O) groups is 1. The molecule has 1 spiro atoms. The van der Waals surface area contributed by atoms with Crippen molar-refractivity contribution in [2.45, 2.75) is 131 Å². The number of carbonyl (C=O) groups excluding carboxylic acids is 1. The summed E-state index contributed by atoms with van der Waals surface area (Å²) in [6.45, 7) is 7.58. The summed E-state index contributed by atoms with van der Waals surface area (Å²) in [6.07, 6.45) is 10.8. The summed E-state index contributed by atoms with van der Waals surface area (Å²) in [7, 11) is -4.72. The average Bonchev–Trinajstić information content (AvgIpc) is 4.08. The third-order valence-corrected chi connectivity index (χ3v) is 18.8. The first-order valence-electron chi connectivity index (χ1n) is 26.3. The number of anilines is 4. The molecular weight excluding hydrogens is 963 g/mol. The summed E-state index contributed by atoms with van der Waals surface area (Å²) in [5.74, 6) is -0.421. The van der Waals surface area contributed by atoms with Crippen molar-refractivity contribution in [3.8, 4) is 17.7 Å². The van der Waals surface area contributed by atoms with Gasteiger partial charge in [-0.3, -0.25) is 19.8 Å². The monoisotopic (exact) mass is 1030 g/mol. The van der Waals surface area contributed by atoms with Gasteiger partial charge in [0, 0.05) is 61.0 Å². The topological polar surface area (TPSA) is 229 Å². The number of nitrogens with zero attached hydrogens (tertiary/aromatic N) is 6. The number of aromatic amines is 1. The number of hydrogen-bond donors (Lipinski definition) is 4. The van der Waals surface area contributed by atoms with Gasteiger partial charge in [-0.25, -0.2) is 13.1 Å². The molecule has 74 heavy (non-hydrogen) atoms. The Morgan fingerprint density at radius 1 is 0.986 bits per heavy atom. The molecule has 7 aliphatic rings. The van der Waals surface area contributed by atoms with Gasteiger partial charge in [0.15, 0.2) is 11.4 Å². The van der Waals surface area contributed by atoms with Gasteiger partial charge in [0.25, 0.3) is 21.6 Å². The molecule has 1 amide bonds.